The summed E-state index contributed by atoms with van der Waals surface area (Å²) in [4.78, 5) is 2.53. The second kappa shape index (κ2) is 3.58. The Hall–Kier alpha value is -0.0800. The molecule has 2 aliphatic heterocycles. The van der Waals surface area contributed by atoms with Crippen LogP contribution in [0.2, 0.25) is 0 Å². The van der Waals surface area contributed by atoms with Crippen LogP contribution in [0.3, 0.4) is 0 Å². The molecule has 0 bridgehead atoms. The van der Waals surface area contributed by atoms with Crippen molar-refractivity contribution in [3.05, 3.63) is 0 Å². The van der Waals surface area contributed by atoms with Crippen molar-refractivity contribution in [3.8, 4) is 0 Å². The van der Waals surface area contributed by atoms with Gasteiger partial charge in [-0.05, 0) is 44.3 Å². The summed E-state index contributed by atoms with van der Waals surface area (Å²) in [5.74, 6) is 0.958. The fourth-order valence-electron chi connectivity index (χ4n) is 3.35. The highest BCUT2D eigenvalue weighted by molar-refractivity contribution is 4.97. The molecule has 2 heterocycles. The third-order valence-electron chi connectivity index (χ3n) is 4.08. The van der Waals surface area contributed by atoms with Crippen LogP contribution in [-0.4, -0.2) is 38.1 Å². The maximum atomic E-state index is 3.48. The van der Waals surface area contributed by atoms with Gasteiger partial charge in [0, 0.05) is 13.1 Å². The van der Waals surface area contributed by atoms with Crippen molar-refractivity contribution in [1.82, 2.24) is 10.2 Å². The maximum absolute atomic E-state index is 3.48. The molecule has 2 heteroatoms. The first-order valence-electron chi connectivity index (χ1n) is 5.66. The first-order valence-corrected chi connectivity index (χ1v) is 5.66. The molecule has 0 aromatic heterocycles. The van der Waals surface area contributed by atoms with Crippen LogP contribution in [0.1, 0.15) is 26.2 Å². The van der Waals surface area contributed by atoms with Crippen LogP contribution < -0.4 is 5.32 Å². The topological polar surface area (TPSA) is 15.3 Å². The molecule has 13 heavy (non-hydrogen) atoms. The molecule has 2 aliphatic rings. The van der Waals surface area contributed by atoms with Crippen molar-refractivity contribution >= 4 is 0 Å². The molecule has 1 unspecified atom stereocenters. The fourth-order valence-corrected chi connectivity index (χ4v) is 3.35. The largest absolute Gasteiger partial charge is 0.317 e. The fraction of sp³-hybridized carbons (Fsp3) is 1.00. The Morgan fingerprint density at radius 1 is 1.38 bits per heavy atom. The summed E-state index contributed by atoms with van der Waals surface area (Å²) in [5, 5.41) is 3.48. The van der Waals surface area contributed by atoms with E-state index < -0.39 is 0 Å². The highest BCUT2D eigenvalue weighted by Crippen LogP contribution is 2.44. The Morgan fingerprint density at radius 2 is 2.08 bits per heavy atom. The smallest absolute Gasteiger partial charge is 0.00391 e. The zero-order chi connectivity index (χ0) is 9.31. The van der Waals surface area contributed by atoms with Crippen LogP contribution in [0, 0.1) is 11.3 Å². The van der Waals surface area contributed by atoms with Gasteiger partial charge in [0.15, 0.2) is 0 Å². The van der Waals surface area contributed by atoms with E-state index in [1.807, 2.05) is 0 Å². The number of hydrogen-bond donors (Lipinski definition) is 1. The van der Waals surface area contributed by atoms with Gasteiger partial charge in [-0.1, -0.05) is 13.3 Å². The second-order valence-electron chi connectivity index (χ2n) is 4.91. The number of nitrogens with zero attached hydrogens (tertiary/aromatic N) is 1. The molecular formula is C11H22N2. The molecule has 2 nitrogen and oxygen atoms in total. The van der Waals surface area contributed by atoms with Crippen molar-refractivity contribution in [2.24, 2.45) is 11.3 Å². The number of likely N-dealkylation sites (tertiary alicyclic amines) is 1. The lowest BCUT2D eigenvalue weighted by molar-refractivity contribution is 0.150. The maximum Gasteiger partial charge on any atom is 0.00391 e. The predicted octanol–water partition coefficient (Wildman–Crippen LogP) is 1.33. The van der Waals surface area contributed by atoms with E-state index in [9.17, 15) is 0 Å². The Morgan fingerprint density at radius 3 is 2.69 bits per heavy atom. The van der Waals surface area contributed by atoms with Crippen molar-refractivity contribution in [2.75, 3.05) is 33.2 Å². The molecule has 2 fully saturated rings. The van der Waals surface area contributed by atoms with Crippen LogP contribution in [0.5, 0.6) is 0 Å². The van der Waals surface area contributed by atoms with Gasteiger partial charge in [-0.15, -0.1) is 0 Å². The molecule has 0 amide bonds. The van der Waals surface area contributed by atoms with Gasteiger partial charge in [0.2, 0.25) is 0 Å². The van der Waals surface area contributed by atoms with Crippen LogP contribution in [0.15, 0.2) is 0 Å². The average Bonchev–Trinajstić information content (AvgIpc) is 2.43. The Balaban J connectivity index is 2.09. The minimum atomic E-state index is 0.675. The summed E-state index contributed by atoms with van der Waals surface area (Å²) in [5.41, 5.74) is 0.675. The normalized spacial score (nSPS) is 34.2. The van der Waals surface area contributed by atoms with E-state index >= 15 is 0 Å². The number of hydrogen-bond acceptors (Lipinski definition) is 2. The highest BCUT2D eigenvalue weighted by Gasteiger charge is 2.44. The third-order valence-corrected chi connectivity index (χ3v) is 4.08. The second-order valence-corrected chi connectivity index (χ2v) is 4.91. The summed E-state index contributed by atoms with van der Waals surface area (Å²) in [7, 11) is 2.28. The van der Waals surface area contributed by atoms with Gasteiger partial charge in [0.05, 0.1) is 0 Å². The van der Waals surface area contributed by atoms with E-state index in [1.165, 1.54) is 45.4 Å². The standard InChI is InChI=1S/C11H22N2/c1-3-10-8-13(2)9-11(10)4-6-12-7-5-11/h10,12H,3-9H2,1-2H3. The van der Waals surface area contributed by atoms with Gasteiger partial charge in [-0.2, -0.15) is 0 Å². The van der Waals surface area contributed by atoms with E-state index in [-0.39, 0.29) is 0 Å². The van der Waals surface area contributed by atoms with E-state index in [1.54, 1.807) is 0 Å². The van der Waals surface area contributed by atoms with Crippen LogP contribution in [-0.2, 0) is 0 Å². The average molecular weight is 182 g/mol. The van der Waals surface area contributed by atoms with Gasteiger partial charge in [-0.25, -0.2) is 0 Å². The first kappa shape index (κ1) is 9.47. The zero-order valence-corrected chi connectivity index (χ0v) is 8.97. The molecule has 0 aromatic rings. The van der Waals surface area contributed by atoms with Gasteiger partial charge < -0.3 is 10.2 Å². The third kappa shape index (κ3) is 1.62. The van der Waals surface area contributed by atoms with Gasteiger partial charge in [0.1, 0.15) is 0 Å². The van der Waals surface area contributed by atoms with Gasteiger partial charge in [-0.3, -0.25) is 0 Å². The van der Waals surface area contributed by atoms with Crippen LogP contribution >= 0.6 is 0 Å². The van der Waals surface area contributed by atoms with E-state index in [2.05, 4.69) is 24.2 Å². The molecule has 1 N–H and O–H groups in total. The minimum absolute atomic E-state index is 0.675. The lowest BCUT2D eigenvalue weighted by Crippen LogP contribution is -2.41. The van der Waals surface area contributed by atoms with Crippen LogP contribution in [0.4, 0.5) is 0 Å². The SMILES string of the molecule is CCC1CN(C)CC12CCNCC2. The molecule has 0 radical (unpaired) electrons. The lowest BCUT2D eigenvalue weighted by atomic mass is 9.70. The lowest BCUT2D eigenvalue weighted by Gasteiger charge is -2.38. The number of piperidine rings is 1. The Labute approximate surface area is 81.7 Å². The molecule has 2 saturated heterocycles. The monoisotopic (exact) mass is 182 g/mol. The summed E-state index contributed by atoms with van der Waals surface area (Å²) < 4.78 is 0. The van der Waals surface area contributed by atoms with Crippen molar-refractivity contribution in [2.45, 2.75) is 26.2 Å². The van der Waals surface area contributed by atoms with E-state index in [4.69, 9.17) is 0 Å². The Kier molecular flexibility index (Phi) is 2.61. The molecule has 0 saturated carbocycles. The quantitative estimate of drug-likeness (QED) is 0.658. The molecule has 1 atom stereocenters. The summed E-state index contributed by atoms with van der Waals surface area (Å²) in [6.07, 6.45) is 4.16. The molecule has 2 rings (SSSR count). The van der Waals surface area contributed by atoms with E-state index in [0.717, 1.165) is 5.92 Å². The predicted molar refractivity (Wildman–Crippen MR) is 55.8 cm³/mol. The molecule has 0 aromatic carbocycles. The minimum Gasteiger partial charge on any atom is -0.317 e. The Bertz CT molecular complexity index is 173. The molecular weight excluding hydrogens is 160 g/mol. The summed E-state index contributed by atoms with van der Waals surface area (Å²) in [6.45, 7) is 7.51. The number of rotatable bonds is 1. The number of nitrogens with one attached hydrogen (secondary N) is 1. The van der Waals surface area contributed by atoms with E-state index in [0.29, 0.717) is 5.41 Å². The summed E-state index contributed by atoms with van der Waals surface area (Å²) >= 11 is 0. The van der Waals surface area contributed by atoms with Crippen molar-refractivity contribution < 1.29 is 0 Å². The van der Waals surface area contributed by atoms with Crippen LogP contribution in [0.25, 0.3) is 0 Å². The van der Waals surface area contributed by atoms with Crippen molar-refractivity contribution in [3.63, 3.8) is 0 Å². The molecule has 76 valence electrons. The zero-order valence-electron chi connectivity index (χ0n) is 8.97. The van der Waals surface area contributed by atoms with Gasteiger partial charge in [0.25, 0.3) is 0 Å². The summed E-state index contributed by atoms with van der Waals surface area (Å²) in [6, 6.07) is 0. The first-order chi connectivity index (χ1) is 6.27. The highest BCUT2D eigenvalue weighted by atomic mass is 15.1. The van der Waals surface area contributed by atoms with Gasteiger partial charge >= 0.3 is 0 Å². The molecule has 1 spiro atoms. The van der Waals surface area contributed by atoms with Crippen molar-refractivity contribution in [1.29, 1.82) is 0 Å². The molecule has 0 aliphatic carbocycles.